The average Bonchev–Trinajstić information content (AvgIpc) is 3.12. The van der Waals surface area contributed by atoms with Gasteiger partial charge in [-0.3, -0.25) is 0 Å². The summed E-state index contributed by atoms with van der Waals surface area (Å²) >= 11 is 1.13. The molecule has 0 heterocycles. The molecule has 0 radical (unpaired) electrons. The molecule has 1 aliphatic carbocycles. The first-order valence-electron chi connectivity index (χ1n) is 9.94. The van der Waals surface area contributed by atoms with E-state index in [9.17, 15) is 19.5 Å². The summed E-state index contributed by atoms with van der Waals surface area (Å²) in [6, 6.07) is 14.7. The van der Waals surface area contributed by atoms with Crippen molar-refractivity contribution in [1.29, 1.82) is 0 Å². The minimum atomic E-state index is -1.19. The number of alkyl carbamates (subject to hydrolysis) is 2. The molecule has 0 aromatic heterocycles. The molecule has 0 aliphatic heterocycles. The third-order valence-corrected chi connectivity index (χ3v) is 5.79. The number of carbonyl (C=O) groups is 3. The van der Waals surface area contributed by atoms with Crippen LogP contribution in [0.5, 0.6) is 0 Å². The Morgan fingerprint density at radius 1 is 1.03 bits per heavy atom. The van der Waals surface area contributed by atoms with Crippen molar-refractivity contribution in [2.24, 2.45) is 0 Å². The average molecular weight is 457 g/mol. The predicted molar refractivity (Wildman–Crippen MR) is 122 cm³/mol. The van der Waals surface area contributed by atoms with Crippen LogP contribution in [0.2, 0.25) is 0 Å². The summed E-state index contributed by atoms with van der Waals surface area (Å²) in [6.07, 6.45) is -0.00198. The Bertz CT molecular complexity index is 950. The van der Waals surface area contributed by atoms with Gasteiger partial charge in [0.1, 0.15) is 19.3 Å². The van der Waals surface area contributed by atoms with Gasteiger partial charge in [-0.25, -0.2) is 14.4 Å². The predicted octanol–water partition coefficient (Wildman–Crippen LogP) is 3.58. The molecular formula is C23H24N2O6S. The number of carbonyl (C=O) groups excluding carboxylic acids is 2. The van der Waals surface area contributed by atoms with E-state index in [0.717, 1.165) is 34.0 Å². The maximum absolute atomic E-state index is 12.3. The zero-order valence-electron chi connectivity index (χ0n) is 17.3. The van der Waals surface area contributed by atoms with E-state index in [1.54, 1.807) is 0 Å². The first kappa shape index (κ1) is 23.2. The smallest absolute Gasteiger partial charge is 0.408 e. The molecule has 32 heavy (non-hydrogen) atoms. The van der Waals surface area contributed by atoms with E-state index in [4.69, 9.17) is 9.47 Å². The van der Waals surface area contributed by atoms with Crippen LogP contribution in [0.1, 0.15) is 17.0 Å². The lowest BCUT2D eigenvalue weighted by atomic mass is 9.98. The molecule has 2 aromatic carbocycles. The van der Waals surface area contributed by atoms with Crippen molar-refractivity contribution in [3.63, 3.8) is 0 Å². The van der Waals surface area contributed by atoms with Crippen LogP contribution >= 0.6 is 11.8 Å². The van der Waals surface area contributed by atoms with Crippen molar-refractivity contribution >= 4 is 29.9 Å². The molecule has 168 valence electrons. The quantitative estimate of drug-likeness (QED) is 0.284. The molecule has 1 atom stereocenters. The van der Waals surface area contributed by atoms with Gasteiger partial charge in [-0.1, -0.05) is 61.2 Å². The molecule has 2 amide bonds. The molecule has 0 fully saturated rings. The van der Waals surface area contributed by atoms with Gasteiger partial charge in [-0.05, 0) is 22.3 Å². The largest absolute Gasteiger partial charge is 0.480 e. The lowest BCUT2D eigenvalue weighted by Gasteiger charge is -2.17. The highest BCUT2D eigenvalue weighted by Crippen LogP contribution is 2.44. The number of nitrogens with one attached hydrogen (secondary N) is 2. The molecular weight excluding hydrogens is 432 g/mol. The zero-order chi connectivity index (χ0) is 22.9. The van der Waals surface area contributed by atoms with Gasteiger partial charge in [-0.2, -0.15) is 0 Å². The topological polar surface area (TPSA) is 114 Å². The van der Waals surface area contributed by atoms with Crippen molar-refractivity contribution < 1.29 is 29.0 Å². The fourth-order valence-corrected chi connectivity index (χ4v) is 4.23. The number of ether oxygens (including phenoxy) is 2. The van der Waals surface area contributed by atoms with E-state index < -0.39 is 24.2 Å². The number of amides is 2. The van der Waals surface area contributed by atoms with Crippen molar-refractivity contribution in [2.45, 2.75) is 12.0 Å². The van der Waals surface area contributed by atoms with Crippen molar-refractivity contribution in [3.05, 3.63) is 72.3 Å². The lowest BCUT2D eigenvalue weighted by molar-refractivity contribution is -0.138. The van der Waals surface area contributed by atoms with E-state index in [1.165, 1.54) is 6.08 Å². The Morgan fingerprint density at radius 3 is 2.25 bits per heavy atom. The standard InChI is InChI=1S/C23H24N2O6S/c1-2-11-30-22(28)24-14-32-13-20(21(26)27)25-23(29)31-12-19-17-9-5-3-7-15(17)16-8-4-6-10-18(16)19/h2-10,19-20H,1,11-14H2,(H,24,28)(H,25,29)(H,26,27). The fourth-order valence-electron chi connectivity index (χ4n) is 3.43. The number of hydrogen-bond donors (Lipinski definition) is 3. The second-order valence-corrected chi connectivity index (χ2v) is 7.97. The second-order valence-electron chi connectivity index (χ2n) is 6.94. The van der Waals surface area contributed by atoms with Gasteiger partial charge < -0.3 is 25.2 Å². The number of carboxylic acid groups (broad SMARTS) is 1. The van der Waals surface area contributed by atoms with Crippen LogP contribution in [0.15, 0.2) is 61.2 Å². The van der Waals surface area contributed by atoms with Crippen LogP contribution in [0, 0.1) is 0 Å². The summed E-state index contributed by atoms with van der Waals surface area (Å²) in [5.74, 6) is -1.13. The van der Waals surface area contributed by atoms with Gasteiger partial charge in [0.2, 0.25) is 0 Å². The summed E-state index contributed by atoms with van der Waals surface area (Å²) in [5, 5.41) is 14.2. The molecule has 3 N–H and O–H groups in total. The van der Waals surface area contributed by atoms with Gasteiger partial charge in [-0.15, -0.1) is 11.8 Å². The number of aliphatic carboxylic acids is 1. The van der Waals surface area contributed by atoms with Crippen LogP contribution in [0.4, 0.5) is 9.59 Å². The van der Waals surface area contributed by atoms with Gasteiger partial charge >= 0.3 is 18.2 Å². The first-order valence-corrected chi connectivity index (χ1v) is 11.1. The molecule has 0 saturated carbocycles. The van der Waals surface area contributed by atoms with Crippen molar-refractivity contribution in [2.75, 3.05) is 24.8 Å². The normalized spacial score (nSPS) is 12.8. The minimum Gasteiger partial charge on any atom is -0.480 e. The summed E-state index contributed by atoms with van der Waals surface area (Å²) in [5.41, 5.74) is 4.36. The maximum atomic E-state index is 12.3. The Kier molecular flexibility index (Phi) is 8.15. The number of fused-ring (bicyclic) bond motifs is 3. The highest BCUT2D eigenvalue weighted by atomic mass is 32.2. The van der Waals surface area contributed by atoms with Crippen LogP contribution < -0.4 is 10.6 Å². The SMILES string of the molecule is C=CCOC(=O)NCSCC(NC(=O)OCC1c2ccccc2-c2ccccc21)C(=O)O. The van der Waals surface area contributed by atoms with Crippen molar-refractivity contribution in [1.82, 2.24) is 10.6 Å². The Hall–Kier alpha value is -3.46. The van der Waals surface area contributed by atoms with E-state index in [-0.39, 0.29) is 30.8 Å². The molecule has 8 nitrogen and oxygen atoms in total. The van der Waals surface area contributed by atoms with E-state index in [0.29, 0.717) is 0 Å². The van der Waals surface area contributed by atoms with Gasteiger partial charge in [0, 0.05) is 11.7 Å². The lowest BCUT2D eigenvalue weighted by Crippen LogP contribution is -2.43. The molecule has 9 heteroatoms. The third kappa shape index (κ3) is 5.82. The number of carboxylic acids is 1. The number of thioether (sulfide) groups is 1. The first-order chi connectivity index (χ1) is 15.5. The minimum absolute atomic E-state index is 0.0429. The van der Waals surface area contributed by atoms with Crippen LogP contribution in [-0.2, 0) is 14.3 Å². The molecule has 0 saturated heterocycles. The highest BCUT2D eigenvalue weighted by molar-refractivity contribution is 7.99. The van der Waals surface area contributed by atoms with Crippen LogP contribution in [0.25, 0.3) is 11.1 Å². The highest BCUT2D eigenvalue weighted by Gasteiger charge is 2.29. The van der Waals surface area contributed by atoms with Crippen LogP contribution in [0.3, 0.4) is 0 Å². The number of rotatable bonds is 10. The maximum Gasteiger partial charge on any atom is 0.408 e. The molecule has 2 aromatic rings. The van der Waals surface area contributed by atoms with E-state index in [2.05, 4.69) is 17.2 Å². The number of hydrogen-bond acceptors (Lipinski definition) is 6. The van der Waals surface area contributed by atoms with E-state index in [1.807, 2.05) is 48.5 Å². The van der Waals surface area contributed by atoms with E-state index >= 15 is 0 Å². The van der Waals surface area contributed by atoms with Crippen LogP contribution in [-0.4, -0.2) is 54.1 Å². The van der Waals surface area contributed by atoms with Gasteiger partial charge in [0.15, 0.2) is 0 Å². The summed E-state index contributed by atoms with van der Waals surface area (Å²) < 4.78 is 10.1. The Balaban J connectivity index is 1.50. The van der Waals surface area contributed by atoms with Gasteiger partial charge in [0.25, 0.3) is 0 Å². The Labute approximate surface area is 190 Å². The zero-order valence-corrected chi connectivity index (χ0v) is 18.1. The molecule has 1 unspecified atom stereocenters. The summed E-state index contributed by atoms with van der Waals surface area (Å²) in [4.78, 5) is 35.1. The van der Waals surface area contributed by atoms with Crippen molar-refractivity contribution in [3.8, 4) is 11.1 Å². The monoisotopic (exact) mass is 456 g/mol. The number of benzene rings is 2. The summed E-state index contributed by atoms with van der Waals surface area (Å²) in [7, 11) is 0. The second kappa shape index (κ2) is 11.2. The third-order valence-electron chi connectivity index (χ3n) is 4.87. The summed E-state index contributed by atoms with van der Waals surface area (Å²) in [6.45, 7) is 3.61. The molecule has 0 bridgehead atoms. The molecule has 3 rings (SSSR count). The Morgan fingerprint density at radius 2 is 1.66 bits per heavy atom. The molecule has 1 aliphatic rings. The fraction of sp³-hybridized carbons (Fsp3) is 0.261. The molecule has 0 spiro atoms. The van der Waals surface area contributed by atoms with Gasteiger partial charge in [0.05, 0.1) is 5.88 Å².